The number of nitrogens with one attached hydrogen (secondary N) is 2. The summed E-state index contributed by atoms with van der Waals surface area (Å²) in [5.74, 6) is -1.40. The van der Waals surface area contributed by atoms with Gasteiger partial charge in [-0.1, -0.05) is 0 Å². The highest BCUT2D eigenvalue weighted by Gasteiger charge is 2.46. The lowest BCUT2D eigenvalue weighted by Gasteiger charge is -2.20. The van der Waals surface area contributed by atoms with Crippen LogP contribution in [0.25, 0.3) is 0 Å². The first-order valence-corrected chi connectivity index (χ1v) is 7.84. The van der Waals surface area contributed by atoms with Crippen LogP contribution in [0.1, 0.15) is 25.8 Å². The third-order valence-electron chi connectivity index (χ3n) is 4.59. The SMILES string of the molecule is CC1(/C=N/N=C2\C(=O)Nc3ccc([N+](=O)[O-])cc32)CC(C)(C(=O)O)CN1. The predicted molar refractivity (Wildman–Crippen MR) is 93.5 cm³/mol. The molecule has 0 saturated carbocycles. The smallest absolute Gasteiger partial charge is 0.310 e. The second-order valence-corrected chi connectivity index (χ2v) is 6.95. The first kappa shape index (κ1) is 17.7. The topological polar surface area (TPSA) is 146 Å². The van der Waals surface area contributed by atoms with Crippen molar-refractivity contribution >= 4 is 35.2 Å². The highest BCUT2D eigenvalue weighted by Crippen LogP contribution is 2.34. The van der Waals surface area contributed by atoms with Gasteiger partial charge >= 0.3 is 5.97 Å². The van der Waals surface area contributed by atoms with Gasteiger partial charge in [0.05, 0.1) is 21.6 Å². The van der Waals surface area contributed by atoms with Crippen molar-refractivity contribution in [1.82, 2.24) is 5.32 Å². The molecule has 2 aliphatic heterocycles. The van der Waals surface area contributed by atoms with E-state index in [4.69, 9.17) is 0 Å². The van der Waals surface area contributed by atoms with Crippen LogP contribution in [0, 0.1) is 15.5 Å². The molecule has 2 unspecified atom stereocenters. The van der Waals surface area contributed by atoms with Gasteiger partial charge in [0.2, 0.25) is 0 Å². The van der Waals surface area contributed by atoms with E-state index in [1.165, 1.54) is 24.4 Å². The van der Waals surface area contributed by atoms with Gasteiger partial charge in [-0.25, -0.2) is 0 Å². The average Bonchev–Trinajstić information content (AvgIpc) is 3.05. The number of anilines is 1. The number of hydrogen-bond acceptors (Lipinski definition) is 7. The first-order valence-electron chi connectivity index (χ1n) is 7.84. The zero-order valence-electron chi connectivity index (χ0n) is 14.1. The van der Waals surface area contributed by atoms with E-state index in [9.17, 15) is 24.8 Å². The second-order valence-electron chi connectivity index (χ2n) is 6.95. The summed E-state index contributed by atoms with van der Waals surface area (Å²) in [6.07, 6.45) is 1.77. The molecule has 1 fully saturated rings. The molecule has 0 radical (unpaired) electrons. The molecule has 26 heavy (non-hydrogen) atoms. The van der Waals surface area contributed by atoms with Crippen LogP contribution < -0.4 is 10.6 Å². The Labute approximate surface area is 148 Å². The fraction of sp³-hybridized carbons (Fsp3) is 0.375. The van der Waals surface area contributed by atoms with Crippen LogP contribution in [-0.2, 0) is 9.59 Å². The van der Waals surface area contributed by atoms with E-state index < -0.39 is 27.8 Å². The molecule has 136 valence electrons. The minimum atomic E-state index is -0.911. The molecule has 2 heterocycles. The Balaban J connectivity index is 1.85. The molecule has 1 aromatic carbocycles. The molecule has 2 aliphatic rings. The maximum absolute atomic E-state index is 12.0. The van der Waals surface area contributed by atoms with Gasteiger partial charge < -0.3 is 15.7 Å². The number of benzene rings is 1. The third-order valence-corrected chi connectivity index (χ3v) is 4.59. The van der Waals surface area contributed by atoms with Gasteiger partial charge in [0.15, 0.2) is 5.71 Å². The third kappa shape index (κ3) is 3.06. The van der Waals surface area contributed by atoms with Crippen molar-refractivity contribution in [2.45, 2.75) is 25.8 Å². The summed E-state index contributed by atoms with van der Waals surface area (Å²) in [5, 5.41) is 33.7. The number of hydrogen-bond donors (Lipinski definition) is 3. The Morgan fingerprint density at radius 1 is 1.42 bits per heavy atom. The molecule has 0 spiro atoms. The normalized spacial score (nSPS) is 29.2. The van der Waals surface area contributed by atoms with Gasteiger partial charge in [0.25, 0.3) is 11.6 Å². The summed E-state index contributed by atoms with van der Waals surface area (Å²) in [4.78, 5) is 33.7. The largest absolute Gasteiger partial charge is 0.481 e. The Morgan fingerprint density at radius 2 is 2.15 bits per heavy atom. The van der Waals surface area contributed by atoms with Crippen molar-refractivity contribution in [3.63, 3.8) is 0 Å². The molecule has 0 aromatic heterocycles. The number of nitro benzene ring substituents is 1. The van der Waals surface area contributed by atoms with Crippen molar-refractivity contribution in [3.05, 3.63) is 33.9 Å². The summed E-state index contributed by atoms with van der Waals surface area (Å²) in [6.45, 7) is 3.72. The lowest BCUT2D eigenvalue weighted by molar-refractivity contribution is -0.384. The van der Waals surface area contributed by atoms with Crippen molar-refractivity contribution in [2.75, 3.05) is 11.9 Å². The summed E-state index contributed by atoms with van der Waals surface area (Å²) in [5.41, 5.74) is -1.04. The lowest BCUT2D eigenvalue weighted by atomic mass is 9.84. The number of fused-ring (bicyclic) bond motifs is 1. The summed E-state index contributed by atoms with van der Waals surface area (Å²) >= 11 is 0. The van der Waals surface area contributed by atoms with E-state index in [1.807, 2.05) is 0 Å². The van der Waals surface area contributed by atoms with Gasteiger partial charge in [0.1, 0.15) is 0 Å². The van der Waals surface area contributed by atoms with E-state index >= 15 is 0 Å². The number of amides is 1. The number of non-ortho nitro benzene ring substituents is 1. The average molecular weight is 359 g/mol. The van der Waals surface area contributed by atoms with E-state index in [1.54, 1.807) is 13.8 Å². The molecule has 3 N–H and O–H groups in total. The fourth-order valence-electron chi connectivity index (χ4n) is 3.14. The molecule has 0 bridgehead atoms. The van der Waals surface area contributed by atoms with Crippen LogP contribution >= 0.6 is 0 Å². The maximum Gasteiger partial charge on any atom is 0.310 e. The van der Waals surface area contributed by atoms with E-state index in [0.29, 0.717) is 17.7 Å². The van der Waals surface area contributed by atoms with Gasteiger partial charge in [-0.3, -0.25) is 19.7 Å². The van der Waals surface area contributed by atoms with Crippen LogP contribution in [0.15, 0.2) is 28.4 Å². The standard InChI is InChI=1S/C16H17N5O5/c1-15(14(23)24)6-16(2,17-7-15)8-18-20-12-10-5-9(21(25)26)3-4-11(10)19-13(12)22/h3-5,8,17H,6-7H2,1-2H3,(H,23,24)(H,19,20,22)/b18-8+. The number of carboxylic acids is 1. The minimum absolute atomic E-state index is 0.0254. The number of aliphatic carboxylic acids is 1. The van der Waals surface area contributed by atoms with Crippen LogP contribution in [0.3, 0.4) is 0 Å². The van der Waals surface area contributed by atoms with E-state index in [-0.39, 0.29) is 17.9 Å². The highest BCUT2D eigenvalue weighted by atomic mass is 16.6. The summed E-state index contributed by atoms with van der Waals surface area (Å²) in [7, 11) is 0. The van der Waals surface area contributed by atoms with Gasteiger partial charge in [-0.2, -0.15) is 5.10 Å². The van der Waals surface area contributed by atoms with E-state index in [0.717, 1.165) is 0 Å². The number of carboxylic acid groups (broad SMARTS) is 1. The summed E-state index contributed by atoms with van der Waals surface area (Å²) < 4.78 is 0. The number of carbonyl (C=O) groups is 2. The Hall–Kier alpha value is -3.14. The van der Waals surface area contributed by atoms with Gasteiger partial charge in [-0.15, -0.1) is 5.10 Å². The predicted octanol–water partition coefficient (Wildman–Crippen LogP) is 1.16. The minimum Gasteiger partial charge on any atom is -0.481 e. The van der Waals surface area contributed by atoms with Crippen molar-refractivity contribution in [1.29, 1.82) is 0 Å². The van der Waals surface area contributed by atoms with Crippen LogP contribution in [0.4, 0.5) is 11.4 Å². The lowest BCUT2D eigenvalue weighted by Crippen LogP contribution is -2.37. The maximum atomic E-state index is 12.0. The van der Waals surface area contributed by atoms with E-state index in [2.05, 4.69) is 20.8 Å². The van der Waals surface area contributed by atoms with Crippen molar-refractivity contribution in [3.8, 4) is 0 Å². The number of rotatable bonds is 4. The van der Waals surface area contributed by atoms with Gasteiger partial charge in [0, 0.05) is 30.5 Å². The first-order chi connectivity index (χ1) is 12.1. The Kier molecular flexibility index (Phi) is 4.07. The highest BCUT2D eigenvalue weighted by molar-refractivity contribution is 6.53. The molecule has 10 nitrogen and oxygen atoms in total. The molecular formula is C16H17N5O5. The molecule has 0 aliphatic carbocycles. The number of carbonyl (C=O) groups excluding carboxylic acids is 1. The molecule has 1 saturated heterocycles. The zero-order valence-corrected chi connectivity index (χ0v) is 14.1. The van der Waals surface area contributed by atoms with Crippen LogP contribution in [0.2, 0.25) is 0 Å². The van der Waals surface area contributed by atoms with Crippen molar-refractivity contribution < 1.29 is 19.6 Å². The monoisotopic (exact) mass is 359 g/mol. The molecular weight excluding hydrogens is 342 g/mol. The molecule has 1 amide bonds. The molecule has 2 atom stereocenters. The molecule has 3 rings (SSSR count). The quantitative estimate of drug-likeness (QED) is 0.418. The second kappa shape index (κ2) is 5.99. The Bertz CT molecular complexity index is 880. The van der Waals surface area contributed by atoms with Gasteiger partial charge in [-0.05, 0) is 26.3 Å². The fourth-order valence-corrected chi connectivity index (χ4v) is 3.14. The van der Waals surface area contributed by atoms with Crippen LogP contribution in [0.5, 0.6) is 0 Å². The number of nitrogens with zero attached hydrogens (tertiary/aromatic N) is 3. The van der Waals surface area contributed by atoms with Crippen molar-refractivity contribution in [2.24, 2.45) is 15.6 Å². The summed E-state index contributed by atoms with van der Waals surface area (Å²) in [6, 6.07) is 4.00. The number of nitro groups is 1. The van der Waals surface area contributed by atoms with Crippen LogP contribution in [-0.4, -0.2) is 45.9 Å². The molecule has 10 heteroatoms. The zero-order chi connectivity index (χ0) is 19.1. The molecule has 1 aromatic rings. The Morgan fingerprint density at radius 3 is 2.77 bits per heavy atom.